The van der Waals surface area contributed by atoms with E-state index in [4.69, 9.17) is 40.6 Å². The third-order valence-corrected chi connectivity index (χ3v) is 15.4. The summed E-state index contributed by atoms with van der Waals surface area (Å²) < 4.78 is 79.8. The van der Waals surface area contributed by atoms with Crippen LogP contribution in [0.5, 0.6) is 5.75 Å². The van der Waals surface area contributed by atoms with Gasteiger partial charge < -0.3 is 39.0 Å². The number of carbonyl (C=O) groups excluding carboxylic acids is 4. The molecule has 2 aromatic carbocycles. The molecule has 1 amide bonds. The molecule has 10 atom stereocenters. The summed E-state index contributed by atoms with van der Waals surface area (Å²) in [6, 6.07) is 9.12. The zero-order valence-corrected chi connectivity index (χ0v) is 37.7. The van der Waals surface area contributed by atoms with Crippen molar-refractivity contribution < 1.29 is 70.0 Å². The lowest BCUT2D eigenvalue weighted by molar-refractivity contribution is -0.228. The number of hydrogen-bond donors (Lipinski definition) is 5. The summed E-state index contributed by atoms with van der Waals surface area (Å²) in [5.41, 5.74) is -5.05. The van der Waals surface area contributed by atoms with Gasteiger partial charge in [0.2, 0.25) is 12.0 Å². The van der Waals surface area contributed by atoms with Crippen molar-refractivity contribution in [2.75, 3.05) is 58.9 Å². The van der Waals surface area contributed by atoms with E-state index < -0.39 is 81.0 Å². The van der Waals surface area contributed by atoms with Gasteiger partial charge in [-0.15, -0.1) is 0 Å². The molecular weight excluding hydrogens is 865 g/mol. The maximum absolute atomic E-state index is 15.6. The van der Waals surface area contributed by atoms with Gasteiger partial charge in [-0.1, -0.05) is 44.2 Å². The molecule has 2 saturated heterocycles. The number of H-pyrrole nitrogens is 1. The molecule has 352 valence electrons. The van der Waals surface area contributed by atoms with Crippen LogP contribution in [0.15, 0.2) is 48.6 Å². The normalized spacial score (nSPS) is 35.4. The highest BCUT2D eigenvalue weighted by Gasteiger charge is 2.81. The minimum Gasteiger partial charge on any atom is -0.496 e. The fourth-order valence-electron chi connectivity index (χ4n) is 13.3. The Balaban J connectivity index is 0.00000119. The number of aromatic amines is 1. The maximum Gasteiger partial charge on any atom is 0.394 e. The lowest BCUT2D eigenvalue weighted by Crippen LogP contribution is -2.81. The Labute approximate surface area is 381 Å². The molecule has 9 rings (SSSR count). The molecule has 1 aliphatic carbocycles. The quantitative estimate of drug-likeness (QED) is 0.0717. The predicted molar refractivity (Wildman–Crippen MR) is 235 cm³/mol. The SMILES string of the molecule is O=S(=O)(O)O.[2H]C([2H])([2H])OC(=O)[C@]1(c2cc3c(cc2OC)N(C=O)[C@H]2[C@@](O)(C(=O)OC)[C@H](OC(C)=O)[C@]4(CC)C=CCN5CC[C@]32[C@@H]54)C[C@@H]2CN(CCc3c1[nH]c1ccccc31)C[C@](O)(CC)C2. The molecule has 3 fully saturated rings. The zero-order chi connectivity index (χ0) is 49.6. The van der Waals surface area contributed by atoms with E-state index in [9.17, 15) is 24.6 Å². The first-order valence-corrected chi connectivity index (χ1v) is 23.2. The Morgan fingerprint density at radius 1 is 1.00 bits per heavy atom. The van der Waals surface area contributed by atoms with Crippen LogP contribution in [0.1, 0.15) is 79.4 Å². The fourth-order valence-corrected chi connectivity index (χ4v) is 13.3. The molecule has 1 aromatic heterocycles. The largest absolute Gasteiger partial charge is 0.496 e. The van der Waals surface area contributed by atoms with Gasteiger partial charge in [-0.05, 0) is 74.2 Å². The molecule has 1 unspecified atom stereocenters. The average Bonchev–Trinajstić information content (AvgIpc) is 3.94. The number of aliphatic hydroxyl groups is 2. The smallest absolute Gasteiger partial charge is 0.394 e. The highest BCUT2D eigenvalue weighted by atomic mass is 32.3. The first kappa shape index (κ1) is 42.7. The number of aromatic nitrogens is 1. The summed E-state index contributed by atoms with van der Waals surface area (Å²) in [4.78, 5) is 66.2. The number of rotatable bonds is 8. The molecule has 6 aliphatic rings. The molecule has 2 bridgehead atoms. The number of fused-ring (bicyclic) bond motifs is 6. The van der Waals surface area contributed by atoms with Gasteiger partial charge in [0.1, 0.15) is 11.2 Å². The highest BCUT2D eigenvalue weighted by molar-refractivity contribution is 7.79. The third-order valence-electron chi connectivity index (χ3n) is 15.4. The number of esters is 3. The van der Waals surface area contributed by atoms with Crippen LogP contribution in [-0.4, -0.2) is 150 Å². The summed E-state index contributed by atoms with van der Waals surface area (Å²) in [5.74, 6) is -3.10. The first-order valence-electron chi connectivity index (χ1n) is 23.3. The van der Waals surface area contributed by atoms with Gasteiger partial charge in [-0.2, -0.15) is 8.42 Å². The van der Waals surface area contributed by atoms with Gasteiger partial charge in [-0.25, -0.2) is 4.79 Å². The number of nitrogens with one attached hydrogen (secondary N) is 1. The van der Waals surface area contributed by atoms with E-state index in [2.05, 4.69) is 14.8 Å². The van der Waals surface area contributed by atoms with Crippen molar-refractivity contribution in [2.45, 2.75) is 99.5 Å². The van der Waals surface area contributed by atoms with Gasteiger partial charge in [0, 0.05) is 78.2 Å². The number of para-hydroxylation sites is 1. The van der Waals surface area contributed by atoms with Crippen molar-refractivity contribution in [1.29, 1.82) is 0 Å². The minimum atomic E-state index is -4.67. The molecule has 65 heavy (non-hydrogen) atoms. The molecule has 0 radical (unpaired) electrons. The lowest BCUT2D eigenvalue weighted by Gasteiger charge is -2.63. The van der Waals surface area contributed by atoms with E-state index in [-0.39, 0.29) is 23.7 Å². The second kappa shape index (κ2) is 16.5. The molecular formula is C46H58N4O14S. The van der Waals surface area contributed by atoms with Crippen LogP contribution in [0.25, 0.3) is 10.9 Å². The monoisotopic (exact) mass is 925 g/mol. The van der Waals surface area contributed by atoms with Crippen molar-refractivity contribution in [3.8, 4) is 5.75 Å². The van der Waals surface area contributed by atoms with Crippen LogP contribution in [0.4, 0.5) is 5.69 Å². The van der Waals surface area contributed by atoms with Crippen LogP contribution < -0.4 is 9.64 Å². The zero-order valence-electron chi connectivity index (χ0n) is 39.9. The summed E-state index contributed by atoms with van der Waals surface area (Å²) >= 11 is 0. The van der Waals surface area contributed by atoms with Crippen LogP contribution in [0.3, 0.4) is 0 Å². The number of carbonyl (C=O) groups is 4. The van der Waals surface area contributed by atoms with E-state index in [1.807, 2.05) is 50.3 Å². The number of amides is 1. The van der Waals surface area contributed by atoms with Gasteiger partial charge in [0.25, 0.3) is 0 Å². The van der Waals surface area contributed by atoms with E-state index in [0.717, 1.165) is 23.6 Å². The number of ether oxygens (including phenoxy) is 4. The van der Waals surface area contributed by atoms with Gasteiger partial charge in [0.05, 0.1) is 42.7 Å². The molecule has 3 aromatic rings. The molecule has 5 N–H and O–H groups in total. The number of hydrogen-bond acceptors (Lipinski definition) is 14. The number of piperidine rings is 1. The molecule has 18 nitrogen and oxygen atoms in total. The van der Waals surface area contributed by atoms with Crippen molar-refractivity contribution >= 4 is 51.3 Å². The Bertz CT molecular complexity index is 2670. The first-order chi connectivity index (χ1) is 31.9. The second-order valence-electron chi connectivity index (χ2n) is 18.5. The molecule has 1 spiro atoms. The molecule has 6 heterocycles. The number of anilines is 1. The van der Waals surface area contributed by atoms with Gasteiger partial charge in [0.15, 0.2) is 6.10 Å². The van der Waals surface area contributed by atoms with Gasteiger partial charge >= 0.3 is 28.3 Å². The highest BCUT2D eigenvalue weighted by Crippen LogP contribution is 2.68. The maximum atomic E-state index is 15.6. The topological polar surface area (TPSA) is 246 Å². The Hall–Kier alpha value is -4.89. The van der Waals surface area contributed by atoms with Crippen molar-refractivity contribution in [3.63, 3.8) is 0 Å². The lowest BCUT2D eigenvalue weighted by atomic mass is 9.47. The van der Waals surface area contributed by atoms with Crippen molar-refractivity contribution in [3.05, 3.63) is 70.9 Å². The summed E-state index contributed by atoms with van der Waals surface area (Å²) in [6.07, 6.45) is 4.77. The van der Waals surface area contributed by atoms with Crippen LogP contribution in [0, 0.1) is 11.3 Å². The Kier molecular flexibility index (Phi) is 10.8. The Morgan fingerprint density at radius 3 is 2.38 bits per heavy atom. The standard InChI is InChI=1S/C46H56N4O10.H2O4S/c1-7-42(55)22-28-23-45(40(53)58-5,36-30(14-18-48(24-28)25-42)29-12-9-10-13-33(29)47-36)32-20-31-34(21-35(32)57-4)50(26-51)38-44(31)16-19-49-17-11-15-43(8-2,37(44)49)39(60-27(3)52)46(38,56)41(54)59-6;1-5(2,3)4/h9-13,15,20-21,26,28,37-39,47,55-56H,7-8,14,16-19,22-25H2,1-6H3;(H2,1,2,3,4)/t28-,37+,38-,39-,42+,43-,44-,45+,46+;/m1./s1/i5D3;. The number of benzene rings is 2. The third kappa shape index (κ3) is 6.90. The van der Waals surface area contributed by atoms with E-state index in [1.165, 1.54) is 18.9 Å². The molecule has 5 aliphatic heterocycles. The van der Waals surface area contributed by atoms with Crippen LogP contribution in [-0.2, 0) is 61.0 Å². The fraction of sp³-hybridized carbons (Fsp3) is 0.565. The minimum absolute atomic E-state index is 0.00132. The van der Waals surface area contributed by atoms with E-state index in [0.29, 0.717) is 88.2 Å². The van der Waals surface area contributed by atoms with E-state index >= 15 is 4.79 Å². The molecule has 19 heteroatoms. The summed E-state index contributed by atoms with van der Waals surface area (Å²) in [7, 11) is -5.27. The summed E-state index contributed by atoms with van der Waals surface area (Å²) in [5, 5.41) is 26.2. The predicted octanol–water partition coefficient (Wildman–Crippen LogP) is 2.86. The van der Waals surface area contributed by atoms with Crippen LogP contribution >= 0.6 is 0 Å². The second-order valence-corrected chi connectivity index (χ2v) is 19.3. The average molecular weight is 926 g/mol. The van der Waals surface area contributed by atoms with Crippen LogP contribution in [0.2, 0.25) is 0 Å². The van der Waals surface area contributed by atoms with Crippen molar-refractivity contribution in [2.24, 2.45) is 11.3 Å². The number of nitrogens with zero attached hydrogens (tertiary/aromatic N) is 3. The summed E-state index contributed by atoms with van der Waals surface area (Å²) in [6.45, 7) is 7.50. The van der Waals surface area contributed by atoms with E-state index in [1.54, 1.807) is 12.1 Å². The number of methoxy groups -OCH3 is 3. The van der Waals surface area contributed by atoms with Gasteiger partial charge in [-0.3, -0.25) is 33.3 Å². The Morgan fingerprint density at radius 2 is 1.74 bits per heavy atom. The molecule has 1 saturated carbocycles. The van der Waals surface area contributed by atoms with Crippen molar-refractivity contribution in [1.82, 2.24) is 14.8 Å².